The van der Waals surface area contributed by atoms with E-state index >= 15 is 0 Å². The average Bonchev–Trinajstić information content (AvgIpc) is 2.78. The lowest BCUT2D eigenvalue weighted by Crippen LogP contribution is -1.98. The number of hydrogen-bond acceptors (Lipinski definition) is 7. The van der Waals surface area contributed by atoms with Gasteiger partial charge in [-0.15, -0.1) is 10.2 Å². The summed E-state index contributed by atoms with van der Waals surface area (Å²) in [7, 11) is -4.57. The fourth-order valence-electron chi connectivity index (χ4n) is 2.97. The van der Waals surface area contributed by atoms with Gasteiger partial charge in [0.15, 0.2) is 0 Å². The molecule has 0 aliphatic heterocycles. The second-order valence-corrected chi connectivity index (χ2v) is 7.97. The standard InChI is InChI=1S/C22H17N5O3S/c23-19-11-13-20(18-9-5-4-8-17(18)19)26-27-21-12-10-16(14-22(21)31(28,29)30)25-24-15-6-2-1-3-7-15/h1-14H,23H2,(H,28,29,30). The lowest BCUT2D eigenvalue weighted by molar-refractivity contribution is 0.483. The lowest BCUT2D eigenvalue weighted by Gasteiger charge is -2.05. The van der Waals surface area contributed by atoms with E-state index in [0.717, 1.165) is 10.8 Å². The van der Waals surface area contributed by atoms with Crippen molar-refractivity contribution in [2.24, 2.45) is 20.5 Å². The number of rotatable bonds is 5. The van der Waals surface area contributed by atoms with Crippen molar-refractivity contribution < 1.29 is 13.0 Å². The molecule has 4 rings (SSSR count). The third-order valence-corrected chi connectivity index (χ3v) is 5.34. The van der Waals surface area contributed by atoms with Crippen molar-refractivity contribution >= 4 is 49.3 Å². The molecule has 4 aromatic rings. The summed E-state index contributed by atoms with van der Waals surface area (Å²) in [5.74, 6) is 0. The van der Waals surface area contributed by atoms with E-state index in [0.29, 0.717) is 17.1 Å². The summed E-state index contributed by atoms with van der Waals surface area (Å²) in [5.41, 5.74) is 7.93. The van der Waals surface area contributed by atoms with Crippen LogP contribution in [0.2, 0.25) is 0 Å². The highest BCUT2D eigenvalue weighted by molar-refractivity contribution is 7.86. The van der Waals surface area contributed by atoms with Gasteiger partial charge in [0.25, 0.3) is 10.1 Å². The minimum atomic E-state index is -4.57. The van der Waals surface area contributed by atoms with Crippen molar-refractivity contribution in [1.29, 1.82) is 0 Å². The Labute approximate surface area is 178 Å². The molecule has 0 saturated heterocycles. The molecule has 0 bridgehead atoms. The van der Waals surface area contributed by atoms with Gasteiger partial charge < -0.3 is 5.73 Å². The van der Waals surface area contributed by atoms with Crippen LogP contribution in [0.25, 0.3) is 10.8 Å². The first kappa shape index (κ1) is 20.3. The lowest BCUT2D eigenvalue weighted by atomic mass is 10.1. The van der Waals surface area contributed by atoms with Gasteiger partial charge in [0.1, 0.15) is 10.6 Å². The molecule has 0 spiro atoms. The van der Waals surface area contributed by atoms with Gasteiger partial charge in [-0.25, -0.2) is 0 Å². The molecule has 31 heavy (non-hydrogen) atoms. The van der Waals surface area contributed by atoms with Gasteiger partial charge in [0, 0.05) is 16.5 Å². The van der Waals surface area contributed by atoms with Crippen LogP contribution in [0.4, 0.5) is 28.4 Å². The molecule has 3 N–H and O–H groups in total. The third kappa shape index (κ3) is 4.63. The molecule has 0 saturated carbocycles. The number of nitrogens with two attached hydrogens (primary N) is 1. The number of fused-ring (bicyclic) bond motifs is 1. The minimum Gasteiger partial charge on any atom is -0.398 e. The van der Waals surface area contributed by atoms with Crippen LogP contribution < -0.4 is 5.73 Å². The van der Waals surface area contributed by atoms with Crippen molar-refractivity contribution in [2.45, 2.75) is 4.90 Å². The molecule has 0 aliphatic rings. The number of hydrogen-bond donors (Lipinski definition) is 2. The molecule has 0 heterocycles. The number of benzene rings is 4. The Bertz CT molecular complexity index is 1420. The van der Waals surface area contributed by atoms with E-state index in [1.807, 2.05) is 42.5 Å². The van der Waals surface area contributed by atoms with Crippen LogP contribution in [0.3, 0.4) is 0 Å². The molecule has 0 atom stereocenters. The van der Waals surface area contributed by atoms with Crippen LogP contribution in [-0.2, 0) is 10.1 Å². The SMILES string of the molecule is Nc1ccc(N=Nc2ccc(N=Nc3ccccc3)cc2S(=O)(=O)O)c2ccccc12. The van der Waals surface area contributed by atoms with Gasteiger partial charge in [-0.3, -0.25) is 4.55 Å². The first-order valence-electron chi connectivity index (χ1n) is 9.19. The highest BCUT2D eigenvalue weighted by Gasteiger charge is 2.17. The monoisotopic (exact) mass is 431 g/mol. The number of nitrogens with zero attached hydrogens (tertiary/aromatic N) is 4. The van der Waals surface area contributed by atoms with Gasteiger partial charge in [0.05, 0.1) is 17.1 Å². The molecule has 0 amide bonds. The molecule has 0 radical (unpaired) electrons. The van der Waals surface area contributed by atoms with Crippen molar-refractivity contribution in [3.8, 4) is 0 Å². The Kier molecular flexibility index (Phi) is 5.52. The molecule has 0 fully saturated rings. The van der Waals surface area contributed by atoms with Crippen LogP contribution >= 0.6 is 0 Å². The minimum absolute atomic E-state index is 0.0259. The van der Waals surface area contributed by atoms with E-state index in [2.05, 4.69) is 20.5 Å². The maximum Gasteiger partial charge on any atom is 0.296 e. The van der Waals surface area contributed by atoms with E-state index in [-0.39, 0.29) is 11.4 Å². The van der Waals surface area contributed by atoms with Crippen LogP contribution in [0.15, 0.2) is 110 Å². The Balaban J connectivity index is 1.72. The molecule has 4 aromatic carbocycles. The molecule has 8 nitrogen and oxygen atoms in total. The summed E-state index contributed by atoms with van der Waals surface area (Å²) in [5, 5.41) is 17.9. The van der Waals surface area contributed by atoms with E-state index in [1.165, 1.54) is 18.2 Å². The van der Waals surface area contributed by atoms with Crippen molar-refractivity contribution in [2.75, 3.05) is 5.73 Å². The fourth-order valence-corrected chi connectivity index (χ4v) is 3.61. The van der Waals surface area contributed by atoms with Gasteiger partial charge in [-0.2, -0.15) is 18.6 Å². The largest absolute Gasteiger partial charge is 0.398 e. The van der Waals surface area contributed by atoms with E-state index in [1.54, 1.807) is 24.3 Å². The summed E-state index contributed by atoms with van der Waals surface area (Å²) in [6.07, 6.45) is 0. The maximum absolute atomic E-state index is 11.9. The second kappa shape index (κ2) is 8.42. The van der Waals surface area contributed by atoms with Gasteiger partial charge in [-0.05, 0) is 42.5 Å². The Morgan fingerprint density at radius 3 is 2.00 bits per heavy atom. The number of anilines is 1. The van der Waals surface area contributed by atoms with Gasteiger partial charge >= 0.3 is 0 Å². The molecule has 9 heteroatoms. The predicted octanol–water partition coefficient (Wildman–Crippen LogP) is 6.50. The van der Waals surface area contributed by atoms with Crippen LogP contribution in [0, 0.1) is 0 Å². The van der Waals surface area contributed by atoms with Gasteiger partial charge in [-0.1, -0.05) is 42.5 Å². The van der Waals surface area contributed by atoms with Gasteiger partial charge in [0.2, 0.25) is 0 Å². The summed E-state index contributed by atoms with van der Waals surface area (Å²) in [4.78, 5) is -0.416. The fraction of sp³-hybridized carbons (Fsp3) is 0. The van der Waals surface area contributed by atoms with Crippen LogP contribution in [0.5, 0.6) is 0 Å². The highest BCUT2D eigenvalue weighted by atomic mass is 32.2. The highest BCUT2D eigenvalue weighted by Crippen LogP contribution is 2.34. The Hall–Kier alpha value is -3.95. The summed E-state index contributed by atoms with van der Waals surface area (Å²) in [6, 6.07) is 23.9. The number of nitrogen functional groups attached to an aromatic ring is 1. The zero-order valence-corrected chi connectivity index (χ0v) is 16.9. The molecular formula is C22H17N5O3S. The molecule has 0 aliphatic carbocycles. The van der Waals surface area contributed by atoms with E-state index in [4.69, 9.17) is 5.73 Å². The maximum atomic E-state index is 11.9. The van der Waals surface area contributed by atoms with Crippen LogP contribution in [0.1, 0.15) is 0 Å². The van der Waals surface area contributed by atoms with Crippen molar-refractivity contribution in [1.82, 2.24) is 0 Å². The van der Waals surface area contributed by atoms with Crippen molar-refractivity contribution in [3.05, 3.63) is 84.9 Å². The Morgan fingerprint density at radius 1 is 0.645 bits per heavy atom. The predicted molar refractivity (Wildman–Crippen MR) is 119 cm³/mol. The van der Waals surface area contributed by atoms with Crippen LogP contribution in [-0.4, -0.2) is 13.0 Å². The molecule has 0 aromatic heterocycles. The normalized spacial score (nSPS) is 12.2. The summed E-state index contributed by atoms with van der Waals surface area (Å²) >= 11 is 0. The van der Waals surface area contributed by atoms with E-state index in [9.17, 15) is 13.0 Å². The first-order valence-corrected chi connectivity index (χ1v) is 10.6. The summed E-state index contributed by atoms with van der Waals surface area (Å²) < 4.78 is 33.5. The van der Waals surface area contributed by atoms with Crippen molar-refractivity contribution in [3.63, 3.8) is 0 Å². The second-order valence-electron chi connectivity index (χ2n) is 6.58. The first-order chi connectivity index (χ1) is 14.9. The average molecular weight is 431 g/mol. The zero-order valence-electron chi connectivity index (χ0n) is 16.1. The smallest absolute Gasteiger partial charge is 0.296 e. The topological polar surface area (TPSA) is 130 Å². The number of azo groups is 2. The Morgan fingerprint density at radius 2 is 1.26 bits per heavy atom. The zero-order chi connectivity index (χ0) is 21.8. The summed E-state index contributed by atoms with van der Waals surface area (Å²) in [6.45, 7) is 0. The molecule has 0 unspecified atom stereocenters. The molecular weight excluding hydrogens is 414 g/mol. The molecule has 154 valence electrons. The quantitative estimate of drug-likeness (QED) is 0.212. The third-order valence-electron chi connectivity index (χ3n) is 4.46. The van der Waals surface area contributed by atoms with E-state index < -0.39 is 15.0 Å².